The molecule has 2 aromatic rings. The molecule has 3 nitrogen and oxygen atoms in total. The zero-order valence-corrected chi connectivity index (χ0v) is 10.9. The van der Waals surface area contributed by atoms with E-state index in [4.69, 9.17) is 23.2 Å². The fourth-order valence-electron chi connectivity index (χ4n) is 1.22. The molecule has 1 heterocycles. The highest BCUT2D eigenvalue weighted by molar-refractivity contribution is 7.14. The molecule has 1 aromatic heterocycles. The summed E-state index contributed by atoms with van der Waals surface area (Å²) in [4.78, 5) is 11.6. The lowest BCUT2D eigenvalue weighted by atomic mass is 10.3. The van der Waals surface area contributed by atoms with Crippen LogP contribution in [0.15, 0.2) is 35.7 Å². The Labute approximate surface area is 112 Å². The molecule has 0 bridgehead atoms. The number of hydrogen-bond donors (Lipinski definition) is 2. The molecule has 17 heavy (non-hydrogen) atoms. The normalized spacial score (nSPS) is 10.0. The maximum atomic E-state index is 11.6. The zero-order valence-electron chi connectivity index (χ0n) is 8.54. The molecule has 0 atom stereocenters. The average Bonchev–Trinajstić information content (AvgIpc) is 2.77. The van der Waals surface area contributed by atoms with Crippen molar-refractivity contribution >= 4 is 51.3 Å². The van der Waals surface area contributed by atoms with Gasteiger partial charge >= 0.3 is 6.03 Å². The third-order valence-corrected chi connectivity index (χ3v) is 3.56. The molecule has 0 radical (unpaired) electrons. The van der Waals surface area contributed by atoms with Crippen molar-refractivity contribution in [2.45, 2.75) is 0 Å². The second kappa shape index (κ2) is 5.40. The summed E-state index contributed by atoms with van der Waals surface area (Å²) in [5.74, 6) is 0. The van der Waals surface area contributed by atoms with Gasteiger partial charge in [-0.2, -0.15) is 0 Å². The monoisotopic (exact) mass is 286 g/mol. The number of thiophene rings is 1. The van der Waals surface area contributed by atoms with Crippen LogP contribution in [0.1, 0.15) is 0 Å². The number of benzene rings is 1. The molecule has 0 fully saturated rings. The Balaban J connectivity index is 2.06. The van der Waals surface area contributed by atoms with Gasteiger partial charge in [-0.25, -0.2) is 4.79 Å². The number of halogens is 2. The molecule has 2 N–H and O–H groups in total. The summed E-state index contributed by atoms with van der Waals surface area (Å²) < 4.78 is 0. The molecule has 0 unspecified atom stereocenters. The van der Waals surface area contributed by atoms with Crippen molar-refractivity contribution in [3.8, 4) is 0 Å². The number of anilines is 2. The Bertz CT molecular complexity index is 528. The lowest BCUT2D eigenvalue weighted by molar-refractivity contribution is 0.262. The highest BCUT2D eigenvalue weighted by Crippen LogP contribution is 2.29. The van der Waals surface area contributed by atoms with Crippen molar-refractivity contribution in [2.75, 3.05) is 10.6 Å². The maximum Gasteiger partial charge on any atom is 0.324 e. The minimum Gasteiger partial charge on any atom is -0.306 e. The molecule has 6 heteroatoms. The highest BCUT2D eigenvalue weighted by Gasteiger charge is 2.08. The second-order valence-corrected chi connectivity index (χ2v) is 4.89. The number of amides is 2. The Morgan fingerprint density at radius 1 is 1.12 bits per heavy atom. The quantitative estimate of drug-likeness (QED) is 0.826. The number of carbonyl (C=O) groups excluding carboxylic acids is 1. The van der Waals surface area contributed by atoms with E-state index < -0.39 is 0 Å². The first-order chi connectivity index (χ1) is 8.16. The maximum absolute atomic E-state index is 11.6. The SMILES string of the molecule is O=C(Nc1cccs1)Nc1cccc(Cl)c1Cl. The van der Waals surface area contributed by atoms with Gasteiger partial charge in [-0.3, -0.25) is 5.32 Å². The van der Waals surface area contributed by atoms with Crippen LogP contribution in [0, 0.1) is 0 Å². The molecule has 0 spiro atoms. The minimum atomic E-state index is -0.350. The van der Waals surface area contributed by atoms with E-state index in [-0.39, 0.29) is 6.03 Å². The van der Waals surface area contributed by atoms with Gasteiger partial charge in [0.2, 0.25) is 0 Å². The molecular formula is C11H8Cl2N2OS. The van der Waals surface area contributed by atoms with E-state index >= 15 is 0 Å². The van der Waals surface area contributed by atoms with Crippen LogP contribution in [0.4, 0.5) is 15.5 Å². The van der Waals surface area contributed by atoms with E-state index in [1.54, 1.807) is 18.2 Å². The van der Waals surface area contributed by atoms with Crippen molar-refractivity contribution in [1.82, 2.24) is 0 Å². The molecule has 0 aliphatic rings. The molecule has 0 saturated carbocycles. The summed E-state index contributed by atoms with van der Waals surface area (Å²) in [6.07, 6.45) is 0. The standard InChI is InChI=1S/C11H8Cl2N2OS/c12-7-3-1-4-8(10(7)13)14-11(16)15-9-5-2-6-17-9/h1-6H,(H2,14,15,16). The van der Waals surface area contributed by atoms with Crippen LogP contribution in [0.5, 0.6) is 0 Å². The van der Waals surface area contributed by atoms with Gasteiger partial charge in [0.15, 0.2) is 0 Å². The molecule has 0 saturated heterocycles. The lowest BCUT2D eigenvalue weighted by Crippen LogP contribution is -2.18. The van der Waals surface area contributed by atoms with Crippen LogP contribution >= 0.6 is 34.5 Å². The largest absolute Gasteiger partial charge is 0.324 e. The number of hydrogen-bond acceptors (Lipinski definition) is 2. The van der Waals surface area contributed by atoms with E-state index in [2.05, 4.69) is 10.6 Å². The highest BCUT2D eigenvalue weighted by atomic mass is 35.5. The summed E-state index contributed by atoms with van der Waals surface area (Å²) in [6, 6.07) is 8.37. The van der Waals surface area contributed by atoms with Crippen molar-refractivity contribution in [2.24, 2.45) is 0 Å². The van der Waals surface area contributed by atoms with Gasteiger partial charge in [0.05, 0.1) is 20.7 Å². The third kappa shape index (κ3) is 3.12. The van der Waals surface area contributed by atoms with Gasteiger partial charge in [0, 0.05) is 0 Å². The fourth-order valence-corrected chi connectivity index (χ4v) is 2.18. The van der Waals surface area contributed by atoms with Crippen molar-refractivity contribution in [1.29, 1.82) is 0 Å². The number of nitrogens with one attached hydrogen (secondary N) is 2. The molecule has 88 valence electrons. The van der Waals surface area contributed by atoms with E-state index in [0.29, 0.717) is 15.7 Å². The van der Waals surface area contributed by atoms with Gasteiger partial charge in [-0.1, -0.05) is 29.3 Å². The predicted octanol–water partition coefficient (Wildman–Crippen LogP) is 4.70. The van der Waals surface area contributed by atoms with Crippen LogP contribution in [0.2, 0.25) is 10.0 Å². The first-order valence-electron chi connectivity index (χ1n) is 4.72. The molecule has 0 aliphatic carbocycles. The number of rotatable bonds is 2. The number of carbonyl (C=O) groups is 1. The molecule has 2 rings (SSSR count). The van der Waals surface area contributed by atoms with Crippen LogP contribution in [0.25, 0.3) is 0 Å². The van der Waals surface area contributed by atoms with E-state index in [0.717, 1.165) is 5.00 Å². The molecule has 2 amide bonds. The van der Waals surface area contributed by atoms with Crippen molar-refractivity contribution in [3.05, 3.63) is 45.8 Å². The first kappa shape index (κ1) is 12.2. The average molecular weight is 287 g/mol. The van der Waals surface area contributed by atoms with Gasteiger partial charge in [-0.05, 0) is 29.6 Å². The van der Waals surface area contributed by atoms with E-state index in [9.17, 15) is 4.79 Å². The summed E-state index contributed by atoms with van der Waals surface area (Å²) in [7, 11) is 0. The zero-order chi connectivity index (χ0) is 12.3. The Kier molecular flexibility index (Phi) is 3.89. The fraction of sp³-hybridized carbons (Fsp3) is 0. The lowest BCUT2D eigenvalue weighted by Gasteiger charge is -2.08. The second-order valence-electron chi connectivity index (χ2n) is 3.16. The topological polar surface area (TPSA) is 41.1 Å². The Morgan fingerprint density at radius 3 is 2.65 bits per heavy atom. The summed E-state index contributed by atoms with van der Waals surface area (Å²) >= 11 is 13.2. The smallest absolute Gasteiger partial charge is 0.306 e. The van der Waals surface area contributed by atoms with E-state index in [1.807, 2.05) is 17.5 Å². The van der Waals surface area contributed by atoms with Crippen LogP contribution < -0.4 is 10.6 Å². The van der Waals surface area contributed by atoms with Gasteiger partial charge in [0.25, 0.3) is 0 Å². The van der Waals surface area contributed by atoms with Gasteiger partial charge < -0.3 is 5.32 Å². The molecule has 0 aliphatic heterocycles. The van der Waals surface area contributed by atoms with Crippen LogP contribution in [-0.4, -0.2) is 6.03 Å². The summed E-state index contributed by atoms with van der Waals surface area (Å²) in [5.41, 5.74) is 0.480. The molecular weight excluding hydrogens is 279 g/mol. The van der Waals surface area contributed by atoms with Gasteiger partial charge in [-0.15, -0.1) is 11.3 Å². The first-order valence-corrected chi connectivity index (χ1v) is 6.36. The Hall–Kier alpha value is -1.23. The predicted molar refractivity (Wildman–Crippen MR) is 73.4 cm³/mol. The van der Waals surface area contributed by atoms with E-state index in [1.165, 1.54) is 11.3 Å². The van der Waals surface area contributed by atoms with Crippen molar-refractivity contribution in [3.63, 3.8) is 0 Å². The summed E-state index contributed by atoms with van der Waals surface area (Å²) in [5, 5.41) is 8.69. The minimum absolute atomic E-state index is 0.329. The number of urea groups is 1. The van der Waals surface area contributed by atoms with Crippen molar-refractivity contribution < 1.29 is 4.79 Å². The Morgan fingerprint density at radius 2 is 1.94 bits per heavy atom. The van der Waals surface area contributed by atoms with Crippen LogP contribution in [-0.2, 0) is 0 Å². The van der Waals surface area contributed by atoms with Gasteiger partial charge in [0.1, 0.15) is 0 Å². The van der Waals surface area contributed by atoms with Crippen LogP contribution in [0.3, 0.4) is 0 Å². The molecule has 1 aromatic carbocycles. The summed E-state index contributed by atoms with van der Waals surface area (Å²) in [6.45, 7) is 0. The third-order valence-electron chi connectivity index (χ3n) is 1.96.